The van der Waals surface area contributed by atoms with Gasteiger partial charge in [0.1, 0.15) is 5.76 Å². The van der Waals surface area contributed by atoms with Crippen LogP contribution < -0.4 is 0 Å². The van der Waals surface area contributed by atoms with Crippen molar-refractivity contribution in [3.8, 4) is 0 Å². The predicted octanol–water partition coefficient (Wildman–Crippen LogP) is 1.98. The van der Waals surface area contributed by atoms with Gasteiger partial charge < -0.3 is 4.42 Å². The number of nitrogens with zero attached hydrogens (tertiary/aromatic N) is 3. The van der Waals surface area contributed by atoms with Gasteiger partial charge >= 0.3 is 0 Å². The number of aryl methyl sites for hydroxylation is 1. The Morgan fingerprint density at radius 2 is 2.60 bits per heavy atom. The lowest BCUT2D eigenvalue weighted by molar-refractivity contribution is 0.559. The fourth-order valence-electron chi connectivity index (χ4n) is 1.15. The van der Waals surface area contributed by atoms with Gasteiger partial charge in [0.05, 0.1) is 12.5 Å². The molecule has 0 atom stereocenters. The fourth-order valence-corrected chi connectivity index (χ4v) is 1.35. The van der Waals surface area contributed by atoms with E-state index in [9.17, 15) is 0 Å². The quantitative estimate of drug-likeness (QED) is 0.638. The summed E-state index contributed by atoms with van der Waals surface area (Å²) in [6.45, 7) is 1.99. The van der Waals surface area contributed by atoms with Crippen molar-refractivity contribution in [1.82, 2.24) is 14.9 Å². The molecule has 1 N–H and O–H groups in total. The Morgan fingerprint density at radius 3 is 3.27 bits per heavy atom. The topological polar surface area (TPSA) is 59.1 Å². The molecule has 0 saturated carbocycles. The summed E-state index contributed by atoms with van der Waals surface area (Å²) in [5.41, 5.74) is 0. The minimum Gasteiger partial charge on any atom is -0.463 e. The maximum atomic E-state index is 5.12. The van der Waals surface area contributed by atoms with Crippen LogP contribution in [0.3, 0.4) is 0 Å². The molecule has 78 valence electrons. The third kappa shape index (κ3) is 2.04. The average molecular weight is 222 g/mol. The molecule has 2 rings (SSSR count). The lowest BCUT2D eigenvalue weighted by Crippen LogP contribution is -1.96. The van der Waals surface area contributed by atoms with E-state index in [-0.39, 0.29) is 0 Å². The van der Waals surface area contributed by atoms with Crippen molar-refractivity contribution in [3.63, 3.8) is 0 Å². The van der Waals surface area contributed by atoms with E-state index in [2.05, 4.69) is 15.3 Å². The third-order valence-electron chi connectivity index (χ3n) is 1.88. The van der Waals surface area contributed by atoms with Gasteiger partial charge in [0.25, 0.3) is 0 Å². The number of hydrogen-bond donors (Lipinski definition) is 1. The molecule has 0 radical (unpaired) electrons. The molecule has 15 heavy (non-hydrogen) atoms. The van der Waals surface area contributed by atoms with E-state index < -0.39 is 0 Å². The van der Waals surface area contributed by atoms with E-state index in [1.165, 1.54) is 0 Å². The van der Waals surface area contributed by atoms with Crippen molar-refractivity contribution in [2.24, 2.45) is 5.10 Å². The van der Waals surface area contributed by atoms with E-state index in [0.717, 1.165) is 12.2 Å². The van der Waals surface area contributed by atoms with E-state index >= 15 is 0 Å². The first-order valence-corrected chi connectivity index (χ1v) is 4.96. The first-order valence-electron chi connectivity index (χ1n) is 4.55. The van der Waals surface area contributed by atoms with Crippen LogP contribution in [-0.2, 0) is 6.42 Å². The molecule has 0 saturated heterocycles. The fraction of sp³-hybridized carbons (Fsp3) is 0.222. The average Bonchev–Trinajstić information content (AvgIpc) is 2.84. The molecule has 2 heterocycles. The Labute approximate surface area is 91.4 Å². The number of rotatable bonds is 3. The number of furan rings is 1. The van der Waals surface area contributed by atoms with Crippen molar-refractivity contribution >= 4 is 18.4 Å². The molecule has 5 nitrogen and oxygen atoms in total. The second kappa shape index (κ2) is 4.22. The highest BCUT2D eigenvalue weighted by Gasteiger charge is 2.01. The summed E-state index contributed by atoms with van der Waals surface area (Å²) in [4.78, 5) is 0. The van der Waals surface area contributed by atoms with Gasteiger partial charge in [-0.15, -0.1) is 0 Å². The second-order valence-electron chi connectivity index (χ2n) is 2.87. The maximum absolute atomic E-state index is 5.12. The van der Waals surface area contributed by atoms with Crippen LogP contribution in [0.5, 0.6) is 0 Å². The van der Waals surface area contributed by atoms with E-state index in [4.69, 9.17) is 16.6 Å². The van der Waals surface area contributed by atoms with Crippen molar-refractivity contribution in [1.29, 1.82) is 0 Å². The predicted molar refractivity (Wildman–Crippen MR) is 58.5 cm³/mol. The molecule has 2 aromatic heterocycles. The molecule has 0 unspecified atom stereocenters. The summed E-state index contributed by atoms with van der Waals surface area (Å²) in [5.74, 6) is 1.47. The Morgan fingerprint density at radius 1 is 1.73 bits per heavy atom. The van der Waals surface area contributed by atoms with Crippen molar-refractivity contribution in [3.05, 3.63) is 34.8 Å². The summed E-state index contributed by atoms with van der Waals surface area (Å²) >= 11 is 5.03. The third-order valence-corrected chi connectivity index (χ3v) is 2.14. The zero-order valence-electron chi connectivity index (χ0n) is 8.17. The lowest BCUT2D eigenvalue weighted by Gasteiger charge is -1.94. The molecule has 2 aromatic rings. The van der Waals surface area contributed by atoms with Crippen LogP contribution in [0, 0.1) is 4.77 Å². The standard InChI is InChI=1S/C9H10N4OS/c1-2-8-11-12-9(15)13(8)10-6-7-4-3-5-14-7/h3-6H,2H2,1H3,(H,12,15)/b10-6+. The molecule has 6 heteroatoms. The van der Waals surface area contributed by atoms with Crippen molar-refractivity contribution in [2.45, 2.75) is 13.3 Å². The molecular formula is C9H10N4OS. The summed E-state index contributed by atoms with van der Waals surface area (Å²) in [5, 5.41) is 10.9. The van der Waals surface area contributed by atoms with E-state index in [0.29, 0.717) is 10.5 Å². The zero-order valence-corrected chi connectivity index (χ0v) is 8.99. The highest BCUT2D eigenvalue weighted by molar-refractivity contribution is 7.71. The van der Waals surface area contributed by atoms with Gasteiger partial charge in [0, 0.05) is 6.42 Å². The SMILES string of the molecule is CCc1n[nH]c(=S)n1/N=C/c1ccco1. The molecule has 0 fully saturated rings. The summed E-state index contributed by atoms with van der Waals surface area (Å²) < 4.78 is 7.18. The largest absolute Gasteiger partial charge is 0.463 e. The Hall–Kier alpha value is -1.69. The molecule has 0 aliphatic heterocycles. The van der Waals surface area contributed by atoms with Crippen LogP contribution in [0.25, 0.3) is 0 Å². The summed E-state index contributed by atoms with van der Waals surface area (Å²) in [7, 11) is 0. The molecule has 0 spiro atoms. The number of aromatic amines is 1. The van der Waals surface area contributed by atoms with Gasteiger partial charge in [-0.3, -0.25) is 5.10 Å². The van der Waals surface area contributed by atoms with Gasteiger partial charge in [-0.2, -0.15) is 14.9 Å². The van der Waals surface area contributed by atoms with Crippen LogP contribution in [-0.4, -0.2) is 21.1 Å². The molecule has 0 aliphatic rings. The normalized spacial score (nSPS) is 11.3. The first-order chi connectivity index (χ1) is 7.31. The number of aromatic nitrogens is 3. The Bertz CT molecular complexity index is 508. The number of nitrogens with one attached hydrogen (secondary N) is 1. The van der Waals surface area contributed by atoms with Gasteiger partial charge in [0.15, 0.2) is 5.82 Å². The van der Waals surface area contributed by atoms with Gasteiger partial charge in [0.2, 0.25) is 4.77 Å². The second-order valence-corrected chi connectivity index (χ2v) is 3.26. The van der Waals surface area contributed by atoms with Gasteiger partial charge in [-0.25, -0.2) is 0 Å². The van der Waals surface area contributed by atoms with Gasteiger partial charge in [-0.1, -0.05) is 6.92 Å². The molecular weight excluding hydrogens is 212 g/mol. The van der Waals surface area contributed by atoms with E-state index in [1.54, 1.807) is 23.2 Å². The van der Waals surface area contributed by atoms with Crippen LogP contribution in [0.4, 0.5) is 0 Å². The summed E-state index contributed by atoms with van der Waals surface area (Å²) in [6.07, 6.45) is 3.96. The van der Waals surface area contributed by atoms with E-state index in [1.807, 2.05) is 13.0 Å². The summed E-state index contributed by atoms with van der Waals surface area (Å²) in [6, 6.07) is 3.62. The minimum absolute atomic E-state index is 0.481. The number of H-pyrrole nitrogens is 1. The maximum Gasteiger partial charge on any atom is 0.216 e. The molecule has 0 amide bonds. The number of hydrogen-bond acceptors (Lipinski definition) is 4. The minimum atomic E-state index is 0.481. The first kappa shape index (κ1) is 9.85. The molecule has 0 aromatic carbocycles. The lowest BCUT2D eigenvalue weighted by atomic mass is 10.5. The molecule has 0 aliphatic carbocycles. The van der Waals surface area contributed by atoms with Crippen molar-refractivity contribution in [2.75, 3.05) is 0 Å². The monoisotopic (exact) mass is 222 g/mol. The van der Waals surface area contributed by atoms with Crippen LogP contribution in [0.2, 0.25) is 0 Å². The Kier molecular flexibility index (Phi) is 2.77. The zero-order chi connectivity index (χ0) is 10.7. The highest BCUT2D eigenvalue weighted by atomic mass is 32.1. The smallest absolute Gasteiger partial charge is 0.216 e. The van der Waals surface area contributed by atoms with Gasteiger partial charge in [-0.05, 0) is 24.4 Å². The molecule has 0 bridgehead atoms. The van der Waals surface area contributed by atoms with Crippen molar-refractivity contribution < 1.29 is 4.42 Å². The Balaban J connectivity index is 2.31. The van der Waals surface area contributed by atoms with Crippen LogP contribution in [0.15, 0.2) is 27.9 Å². The van der Waals surface area contributed by atoms with Crippen LogP contribution >= 0.6 is 12.2 Å². The van der Waals surface area contributed by atoms with Crippen LogP contribution in [0.1, 0.15) is 18.5 Å². The highest BCUT2D eigenvalue weighted by Crippen LogP contribution is 2.00.